The zero-order valence-electron chi connectivity index (χ0n) is 15.6. The van der Waals surface area contributed by atoms with E-state index in [1.807, 2.05) is 23.1 Å². The summed E-state index contributed by atoms with van der Waals surface area (Å²) in [5.74, 6) is 0.279. The van der Waals surface area contributed by atoms with Crippen LogP contribution in [0.15, 0.2) is 42.5 Å². The molecule has 0 saturated carbocycles. The molecule has 0 radical (unpaired) electrons. The number of carbonyl (C=O) groups excluding carboxylic acids is 1. The molecular formula is C22H28N2O. The standard InChI is InChI=1S/C22H28N2O/c1-17-15-18(2)22(19(3)16-17)24-13-11-23(12-14-24)21(25)10-9-20-7-5-4-6-8-20/h4-8,15-16H,9-14H2,1-3H3. The van der Waals surface area contributed by atoms with Crippen molar-refractivity contribution < 1.29 is 4.79 Å². The van der Waals surface area contributed by atoms with Gasteiger partial charge in [0.1, 0.15) is 0 Å². The van der Waals surface area contributed by atoms with Gasteiger partial charge in [0.25, 0.3) is 0 Å². The van der Waals surface area contributed by atoms with Gasteiger partial charge in [0, 0.05) is 38.3 Å². The average molecular weight is 336 g/mol. The van der Waals surface area contributed by atoms with Gasteiger partial charge in [0.05, 0.1) is 0 Å². The summed E-state index contributed by atoms with van der Waals surface area (Å²) in [7, 11) is 0. The van der Waals surface area contributed by atoms with Crippen LogP contribution in [-0.2, 0) is 11.2 Å². The number of carbonyl (C=O) groups is 1. The molecule has 2 aromatic carbocycles. The Labute approximate surface area is 151 Å². The molecule has 3 heteroatoms. The molecule has 0 aromatic heterocycles. The van der Waals surface area contributed by atoms with Crippen LogP contribution in [0.2, 0.25) is 0 Å². The van der Waals surface area contributed by atoms with Crippen molar-refractivity contribution in [3.05, 3.63) is 64.7 Å². The minimum absolute atomic E-state index is 0.279. The van der Waals surface area contributed by atoms with Crippen molar-refractivity contribution in [1.82, 2.24) is 4.90 Å². The number of aryl methyl sites for hydroxylation is 4. The Bertz CT molecular complexity index is 708. The lowest BCUT2D eigenvalue weighted by molar-refractivity contribution is -0.131. The van der Waals surface area contributed by atoms with Gasteiger partial charge in [-0.05, 0) is 43.9 Å². The summed E-state index contributed by atoms with van der Waals surface area (Å²) in [6.45, 7) is 10.00. The molecule has 0 aliphatic carbocycles. The number of anilines is 1. The van der Waals surface area contributed by atoms with Gasteiger partial charge < -0.3 is 9.80 Å². The first kappa shape index (κ1) is 17.5. The molecule has 1 fully saturated rings. The monoisotopic (exact) mass is 336 g/mol. The van der Waals surface area contributed by atoms with Gasteiger partial charge in [-0.1, -0.05) is 48.0 Å². The third-order valence-electron chi connectivity index (χ3n) is 5.05. The second-order valence-electron chi connectivity index (χ2n) is 7.10. The summed E-state index contributed by atoms with van der Waals surface area (Å²) in [6.07, 6.45) is 1.43. The molecule has 1 amide bonds. The molecule has 1 saturated heterocycles. The smallest absolute Gasteiger partial charge is 0.223 e. The molecule has 0 bridgehead atoms. The highest BCUT2D eigenvalue weighted by molar-refractivity contribution is 5.77. The average Bonchev–Trinajstić information content (AvgIpc) is 2.60. The van der Waals surface area contributed by atoms with Gasteiger partial charge in [-0.25, -0.2) is 0 Å². The lowest BCUT2D eigenvalue weighted by Gasteiger charge is -2.37. The maximum absolute atomic E-state index is 12.5. The van der Waals surface area contributed by atoms with E-state index < -0.39 is 0 Å². The number of hydrogen-bond acceptors (Lipinski definition) is 2. The van der Waals surface area contributed by atoms with E-state index in [0.717, 1.165) is 32.6 Å². The third-order valence-corrected chi connectivity index (χ3v) is 5.05. The predicted octanol–water partition coefficient (Wildman–Crippen LogP) is 3.89. The molecule has 3 nitrogen and oxygen atoms in total. The largest absolute Gasteiger partial charge is 0.368 e. The lowest BCUT2D eigenvalue weighted by atomic mass is 10.0. The van der Waals surface area contributed by atoms with Crippen molar-refractivity contribution in [2.75, 3.05) is 31.1 Å². The Morgan fingerprint density at radius 3 is 2.12 bits per heavy atom. The molecule has 1 aliphatic heterocycles. The fourth-order valence-corrected chi connectivity index (χ4v) is 3.90. The summed E-state index contributed by atoms with van der Waals surface area (Å²) in [5.41, 5.74) is 6.57. The fourth-order valence-electron chi connectivity index (χ4n) is 3.90. The van der Waals surface area contributed by atoms with E-state index in [0.29, 0.717) is 6.42 Å². The Morgan fingerprint density at radius 1 is 0.920 bits per heavy atom. The lowest BCUT2D eigenvalue weighted by Crippen LogP contribution is -2.49. The van der Waals surface area contributed by atoms with Crippen LogP contribution in [0.5, 0.6) is 0 Å². The van der Waals surface area contributed by atoms with Crippen LogP contribution in [0, 0.1) is 20.8 Å². The van der Waals surface area contributed by atoms with Crippen LogP contribution >= 0.6 is 0 Å². The molecule has 2 aromatic rings. The van der Waals surface area contributed by atoms with E-state index in [4.69, 9.17) is 0 Å². The molecule has 0 N–H and O–H groups in total. The number of hydrogen-bond donors (Lipinski definition) is 0. The minimum Gasteiger partial charge on any atom is -0.368 e. The second-order valence-corrected chi connectivity index (χ2v) is 7.10. The number of benzene rings is 2. The number of amides is 1. The van der Waals surface area contributed by atoms with Crippen LogP contribution in [0.25, 0.3) is 0 Å². The van der Waals surface area contributed by atoms with Gasteiger partial charge in [-0.15, -0.1) is 0 Å². The van der Waals surface area contributed by atoms with Crippen LogP contribution in [0.1, 0.15) is 28.7 Å². The highest BCUT2D eigenvalue weighted by Crippen LogP contribution is 2.27. The molecular weight excluding hydrogens is 308 g/mol. The van der Waals surface area contributed by atoms with Crippen molar-refractivity contribution in [2.45, 2.75) is 33.6 Å². The van der Waals surface area contributed by atoms with Crippen LogP contribution in [0.4, 0.5) is 5.69 Å². The van der Waals surface area contributed by atoms with E-state index in [1.54, 1.807) is 0 Å². The molecule has 1 heterocycles. The number of piperazine rings is 1. The first-order valence-electron chi connectivity index (χ1n) is 9.19. The van der Waals surface area contributed by atoms with Crippen molar-refractivity contribution in [3.63, 3.8) is 0 Å². The summed E-state index contributed by atoms with van der Waals surface area (Å²) < 4.78 is 0. The topological polar surface area (TPSA) is 23.6 Å². The van der Waals surface area contributed by atoms with Gasteiger partial charge in [0.2, 0.25) is 5.91 Å². The molecule has 132 valence electrons. The van der Waals surface area contributed by atoms with Crippen molar-refractivity contribution >= 4 is 11.6 Å². The molecule has 3 rings (SSSR count). The Balaban J connectivity index is 1.56. The maximum Gasteiger partial charge on any atom is 0.223 e. The van der Waals surface area contributed by atoms with E-state index in [9.17, 15) is 4.79 Å². The summed E-state index contributed by atoms with van der Waals surface area (Å²) in [4.78, 5) is 17.0. The maximum atomic E-state index is 12.5. The molecule has 1 aliphatic rings. The van der Waals surface area contributed by atoms with E-state index in [2.05, 4.69) is 49.9 Å². The minimum atomic E-state index is 0.279. The van der Waals surface area contributed by atoms with E-state index in [-0.39, 0.29) is 5.91 Å². The highest BCUT2D eigenvalue weighted by Gasteiger charge is 2.22. The van der Waals surface area contributed by atoms with Crippen molar-refractivity contribution in [2.24, 2.45) is 0 Å². The van der Waals surface area contributed by atoms with Crippen LogP contribution < -0.4 is 4.90 Å². The highest BCUT2D eigenvalue weighted by atomic mass is 16.2. The second kappa shape index (κ2) is 7.73. The van der Waals surface area contributed by atoms with Crippen LogP contribution in [-0.4, -0.2) is 37.0 Å². The number of nitrogens with zero attached hydrogens (tertiary/aromatic N) is 2. The molecule has 0 spiro atoms. The molecule has 0 atom stereocenters. The third kappa shape index (κ3) is 4.22. The predicted molar refractivity (Wildman–Crippen MR) is 104 cm³/mol. The summed E-state index contributed by atoms with van der Waals surface area (Å²) in [5, 5.41) is 0. The Morgan fingerprint density at radius 2 is 1.52 bits per heavy atom. The Hall–Kier alpha value is -2.29. The fraction of sp³-hybridized carbons (Fsp3) is 0.409. The van der Waals surface area contributed by atoms with Crippen molar-refractivity contribution in [3.8, 4) is 0 Å². The van der Waals surface area contributed by atoms with Gasteiger partial charge in [0.15, 0.2) is 0 Å². The van der Waals surface area contributed by atoms with E-state index >= 15 is 0 Å². The number of rotatable bonds is 4. The quantitative estimate of drug-likeness (QED) is 0.845. The van der Waals surface area contributed by atoms with Gasteiger partial charge in [-0.2, -0.15) is 0 Å². The first-order valence-corrected chi connectivity index (χ1v) is 9.19. The SMILES string of the molecule is Cc1cc(C)c(N2CCN(C(=O)CCc3ccccc3)CC2)c(C)c1. The molecule has 25 heavy (non-hydrogen) atoms. The Kier molecular flexibility index (Phi) is 5.42. The summed E-state index contributed by atoms with van der Waals surface area (Å²) >= 11 is 0. The van der Waals surface area contributed by atoms with Gasteiger partial charge >= 0.3 is 0 Å². The first-order chi connectivity index (χ1) is 12.0. The summed E-state index contributed by atoms with van der Waals surface area (Å²) in [6, 6.07) is 14.8. The van der Waals surface area contributed by atoms with Crippen LogP contribution in [0.3, 0.4) is 0 Å². The van der Waals surface area contributed by atoms with Gasteiger partial charge in [-0.3, -0.25) is 4.79 Å². The zero-order valence-corrected chi connectivity index (χ0v) is 15.6. The zero-order chi connectivity index (χ0) is 17.8. The normalized spacial score (nSPS) is 14.7. The molecule has 0 unspecified atom stereocenters. The van der Waals surface area contributed by atoms with E-state index in [1.165, 1.54) is 27.9 Å². The van der Waals surface area contributed by atoms with Crippen molar-refractivity contribution in [1.29, 1.82) is 0 Å².